The standard InChI is InChI=1S/C21H26N2O3/c1-16-7-8-17(2)23(16)19-11-9-18(10-12-19)21(25)26-15-20(24)22-13-5-3-4-6-14-22/h7-12H,3-6,13-15H2,1-2H3. The summed E-state index contributed by atoms with van der Waals surface area (Å²) >= 11 is 0. The first-order valence-corrected chi connectivity index (χ1v) is 9.26. The number of amides is 1. The fourth-order valence-electron chi connectivity index (χ4n) is 3.44. The number of carbonyl (C=O) groups excluding carboxylic acids is 2. The largest absolute Gasteiger partial charge is 0.452 e. The van der Waals surface area contributed by atoms with Crippen LogP contribution in [0.4, 0.5) is 0 Å². The van der Waals surface area contributed by atoms with Gasteiger partial charge in [0.15, 0.2) is 6.61 Å². The Labute approximate surface area is 154 Å². The van der Waals surface area contributed by atoms with Crippen LogP contribution < -0.4 is 0 Å². The van der Waals surface area contributed by atoms with Gasteiger partial charge < -0.3 is 14.2 Å². The van der Waals surface area contributed by atoms with Gasteiger partial charge in [0.2, 0.25) is 0 Å². The molecule has 1 fully saturated rings. The van der Waals surface area contributed by atoms with Crippen LogP contribution in [-0.2, 0) is 9.53 Å². The highest BCUT2D eigenvalue weighted by molar-refractivity contribution is 5.91. The molecule has 3 rings (SSSR count). The number of hydrogen-bond acceptors (Lipinski definition) is 3. The minimum Gasteiger partial charge on any atom is -0.452 e. The van der Waals surface area contributed by atoms with Crippen molar-refractivity contribution < 1.29 is 14.3 Å². The van der Waals surface area contributed by atoms with Crippen molar-refractivity contribution in [1.82, 2.24) is 9.47 Å². The zero-order valence-corrected chi connectivity index (χ0v) is 15.5. The van der Waals surface area contributed by atoms with E-state index in [9.17, 15) is 9.59 Å². The van der Waals surface area contributed by atoms with E-state index in [0.717, 1.165) is 55.8 Å². The van der Waals surface area contributed by atoms with Gasteiger partial charge in [-0.2, -0.15) is 0 Å². The number of nitrogens with zero attached hydrogens (tertiary/aromatic N) is 2. The summed E-state index contributed by atoms with van der Waals surface area (Å²) in [5, 5.41) is 0. The summed E-state index contributed by atoms with van der Waals surface area (Å²) in [6.45, 7) is 5.44. The van der Waals surface area contributed by atoms with Gasteiger partial charge in [0.25, 0.3) is 5.91 Å². The number of ether oxygens (including phenoxy) is 1. The first-order chi connectivity index (χ1) is 12.6. The van der Waals surface area contributed by atoms with Crippen molar-refractivity contribution in [2.75, 3.05) is 19.7 Å². The van der Waals surface area contributed by atoms with Crippen LogP contribution >= 0.6 is 0 Å². The lowest BCUT2D eigenvalue weighted by Crippen LogP contribution is -2.35. The van der Waals surface area contributed by atoms with Crippen molar-refractivity contribution >= 4 is 11.9 Å². The van der Waals surface area contributed by atoms with Gasteiger partial charge >= 0.3 is 5.97 Å². The third kappa shape index (κ3) is 4.15. The number of benzene rings is 1. The van der Waals surface area contributed by atoms with E-state index in [1.54, 1.807) is 17.0 Å². The molecule has 0 radical (unpaired) electrons. The van der Waals surface area contributed by atoms with Gasteiger partial charge in [-0.05, 0) is 63.1 Å². The Morgan fingerprint density at radius 1 is 0.885 bits per heavy atom. The summed E-state index contributed by atoms with van der Waals surface area (Å²) < 4.78 is 7.35. The quantitative estimate of drug-likeness (QED) is 0.788. The molecule has 2 heterocycles. The third-order valence-corrected chi connectivity index (χ3v) is 4.92. The lowest BCUT2D eigenvalue weighted by atomic mass is 10.2. The Bertz CT molecular complexity index is 750. The third-order valence-electron chi connectivity index (χ3n) is 4.92. The van der Waals surface area contributed by atoms with Crippen LogP contribution in [0.3, 0.4) is 0 Å². The van der Waals surface area contributed by atoms with Crippen molar-refractivity contribution in [3.05, 3.63) is 53.3 Å². The maximum Gasteiger partial charge on any atom is 0.338 e. The molecule has 0 atom stereocenters. The molecule has 1 aliphatic rings. The number of aryl methyl sites for hydroxylation is 2. The molecule has 0 saturated carbocycles. The van der Waals surface area contributed by atoms with E-state index in [1.807, 2.05) is 26.0 Å². The van der Waals surface area contributed by atoms with E-state index in [1.165, 1.54) is 0 Å². The number of aromatic nitrogens is 1. The molecule has 0 unspecified atom stereocenters. The molecule has 1 saturated heterocycles. The van der Waals surface area contributed by atoms with Crippen molar-refractivity contribution in [3.8, 4) is 5.69 Å². The SMILES string of the molecule is Cc1ccc(C)n1-c1ccc(C(=O)OCC(=O)N2CCCCCC2)cc1. The maximum atomic E-state index is 12.2. The van der Waals surface area contributed by atoms with Crippen LogP contribution in [0, 0.1) is 13.8 Å². The van der Waals surface area contributed by atoms with E-state index in [2.05, 4.69) is 16.7 Å². The minimum atomic E-state index is -0.458. The van der Waals surface area contributed by atoms with Crippen LogP contribution in [0.25, 0.3) is 5.69 Å². The monoisotopic (exact) mass is 354 g/mol. The van der Waals surface area contributed by atoms with E-state index < -0.39 is 5.97 Å². The fourth-order valence-corrected chi connectivity index (χ4v) is 3.44. The summed E-state index contributed by atoms with van der Waals surface area (Å²) in [5.74, 6) is -0.559. The van der Waals surface area contributed by atoms with Crippen molar-refractivity contribution in [1.29, 1.82) is 0 Å². The van der Waals surface area contributed by atoms with Crippen molar-refractivity contribution in [2.24, 2.45) is 0 Å². The van der Waals surface area contributed by atoms with Gasteiger partial charge in [-0.25, -0.2) is 4.79 Å². The van der Waals surface area contributed by atoms with E-state index in [-0.39, 0.29) is 12.5 Å². The van der Waals surface area contributed by atoms with Gasteiger partial charge in [0, 0.05) is 30.2 Å². The Balaban J connectivity index is 1.59. The number of esters is 1. The highest BCUT2D eigenvalue weighted by atomic mass is 16.5. The molecule has 1 aromatic carbocycles. The smallest absolute Gasteiger partial charge is 0.338 e. The topological polar surface area (TPSA) is 51.5 Å². The lowest BCUT2D eigenvalue weighted by molar-refractivity contribution is -0.134. The Morgan fingerprint density at radius 2 is 1.46 bits per heavy atom. The number of rotatable bonds is 4. The molecule has 1 amide bonds. The average molecular weight is 354 g/mol. The van der Waals surface area contributed by atoms with Crippen molar-refractivity contribution in [2.45, 2.75) is 39.5 Å². The minimum absolute atomic E-state index is 0.101. The molecule has 5 heteroatoms. The number of hydrogen-bond donors (Lipinski definition) is 0. The summed E-state index contributed by atoms with van der Waals surface area (Å²) in [5.41, 5.74) is 3.74. The molecule has 26 heavy (non-hydrogen) atoms. The molecule has 0 bridgehead atoms. The van der Waals surface area contributed by atoms with Gasteiger partial charge in [-0.15, -0.1) is 0 Å². The predicted octanol–water partition coefficient (Wildman–Crippen LogP) is 3.65. The number of likely N-dealkylation sites (tertiary alicyclic amines) is 1. The highest BCUT2D eigenvalue weighted by Crippen LogP contribution is 2.17. The van der Waals surface area contributed by atoms with Gasteiger partial charge in [0.1, 0.15) is 0 Å². The molecule has 0 aliphatic carbocycles. The second-order valence-electron chi connectivity index (χ2n) is 6.87. The fraction of sp³-hybridized carbons (Fsp3) is 0.429. The predicted molar refractivity (Wildman–Crippen MR) is 101 cm³/mol. The summed E-state index contributed by atoms with van der Waals surface area (Å²) in [4.78, 5) is 26.3. The Hall–Kier alpha value is -2.56. The first kappa shape index (κ1) is 18.2. The van der Waals surface area contributed by atoms with E-state index in [0.29, 0.717) is 5.56 Å². The molecule has 1 aliphatic heterocycles. The molecule has 5 nitrogen and oxygen atoms in total. The zero-order chi connectivity index (χ0) is 18.5. The Kier molecular flexibility index (Phi) is 5.76. The maximum absolute atomic E-state index is 12.2. The van der Waals surface area contributed by atoms with Crippen LogP contribution in [0.2, 0.25) is 0 Å². The average Bonchev–Trinajstić information content (AvgIpc) is 2.85. The molecule has 1 aromatic heterocycles. The molecule has 0 N–H and O–H groups in total. The molecule has 138 valence electrons. The highest BCUT2D eigenvalue weighted by Gasteiger charge is 2.18. The zero-order valence-electron chi connectivity index (χ0n) is 15.5. The second kappa shape index (κ2) is 8.21. The van der Waals surface area contributed by atoms with Crippen LogP contribution in [0.1, 0.15) is 47.4 Å². The normalized spacial score (nSPS) is 14.8. The second-order valence-corrected chi connectivity index (χ2v) is 6.87. The molecular formula is C21H26N2O3. The molecule has 2 aromatic rings. The summed E-state index contributed by atoms with van der Waals surface area (Å²) in [6, 6.07) is 11.4. The number of carbonyl (C=O) groups is 2. The van der Waals surface area contributed by atoms with Crippen LogP contribution in [-0.4, -0.2) is 41.0 Å². The summed E-state index contributed by atoms with van der Waals surface area (Å²) in [7, 11) is 0. The first-order valence-electron chi connectivity index (χ1n) is 9.26. The summed E-state index contributed by atoms with van der Waals surface area (Å²) in [6.07, 6.45) is 4.38. The van der Waals surface area contributed by atoms with E-state index >= 15 is 0 Å². The molecule has 0 spiro atoms. The van der Waals surface area contributed by atoms with E-state index in [4.69, 9.17) is 4.74 Å². The van der Waals surface area contributed by atoms with Gasteiger partial charge in [-0.1, -0.05) is 12.8 Å². The lowest BCUT2D eigenvalue weighted by Gasteiger charge is -2.19. The van der Waals surface area contributed by atoms with Gasteiger partial charge in [-0.3, -0.25) is 4.79 Å². The molecular weight excluding hydrogens is 328 g/mol. The van der Waals surface area contributed by atoms with Crippen LogP contribution in [0.15, 0.2) is 36.4 Å². The van der Waals surface area contributed by atoms with Crippen molar-refractivity contribution in [3.63, 3.8) is 0 Å². The van der Waals surface area contributed by atoms with Crippen LogP contribution in [0.5, 0.6) is 0 Å². The van der Waals surface area contributed by atoms with Gasteiger partial charge in [0.05, 0.1) is 5.56 Å². The Morgan fingerprint density at radius 3 is 2.04 bits per heavy atom.